The van der Waals surface area contributed by atoms with E-state index in [-0.39, 0.29) is 5.75 Å². The van der Waals surface area contributed by atoms with E-state index < -0.39 is 11.9 Å². The number of imide groups is 1. The molecule has 0 spiro atoms. The highest BCUT2D eigenvalue weighted by atomic mass is 32.2. The summed E-state index contributed by atoms with van der Waals surface area (Å²) in [5.74, 6) is -0.0274. The molecule has 0 saturated heterocycles. The molecule has 9 heteroatoms. The second kappa shape index (κ2) is 6.18. The highest BCUT2D eigenvalue weighted by Crippen LogP contribution is 2.14. The van der Waals surface area contributed by atoms with Crippen molar-refractivity contribution in [2.24, 2.45) is 11.7 Å². The Morgan fingerprint density at radius 2 is 2.24 bits per heavy atom. The first-order valence-corrected chi connectivity index (χ1v) is 5.96. The zero-order valence-corrected chi connectivity index (χ0v) is 10.4. The molecule has 0 fully saturated rings. The van der Waals surface area contributed by atoms with E-state index in [4.69, 9.17) is 5.73 Å². The molecule has 0 atom stereocenters. The summed E-state index contributed by atoms with van der Waals surface area (Å²) >= 11 is 1.15. The van der Waals surface area contributed by atoms with Crippen LogP contribution in [-0.2, 0) is 11.3 Å². The van der Waals surface area contributed by atoms with Gasteiger partial charge >= 0.3 is 6.03 Å². The van der Waals surface area contributed by atoms with Crippen LogP contribution in [0.25, 0.3) is 0 Å². The van der Waals surface area contributed by atoms with Crippen LogP contribution in [0.1, 0.15) is 13.8 Å². The zero-order valence-electron chi connectivity index (χ0n) is 9.58. The van der Waals surface area contributed by atoms with Crippen molar-refractivity contribution < 1.29 is 9.59 Å². The van der Waals surface area contributed by atoms with E-state index in [0.717, 1.165) is 11.8 Å². The van der Waals surface area contributed by atoms with Crippen molar-refractivity contribution in [2.75, 3.05) is 5.75 Å². The fraction of sp³-hybridized carbons (Fsp3) is 0.625. The topological polar surface area (TPSA) is 116 Å². The summed E-state index contributed by atoms with van der Waals surface area (Å²) in [6.45, 7) is 4.75. The Labute approximate surface area is 102 Å². The summed E-state index contributed by atoms with van der Waals surface area (Å²) in [6, 6.07) is -0.864. The highest BCUT2D eigenvalue weighted by Gasteiger charge is 2.11. The lowest BCUT2D eigenvalue weighted by molar-refractivity contribution is -0.117. The molecule has 0 aromatic carbocycles. The van der Waals surface area contributed by atoms with Gasteiger partial charge in [-0.1, -0.05) is 25.6 Å². The molecule has 0 aliphatic carbocycles. The van der Waals surface area contributed by atoms with E-state index in [1.54, 1.807) is 4.68 Å². The van der Waals surface area contributed by atoms with Crippen molar-refractivity contribution >= 4 is 23.7 Å². The predicted molar refractivity (Wildman–Crippen MR) is 61.1 cm³/mol. The van der Waals surface area contributed by atoms with Gasteiger partial charge in [0.15, 0.2) is 0 Å². The lowest BCUT2D eigenvalue weighted by Gasteiger charge is -2.06. The van der Waals surface area contributed by atoms with Gasteiger partial charge in [0, 0.05) is 6.54 Å². The molecule has 0 unspecified atom stereocenters. The largest absolute Gasteiger partial charge is 0.351 e. The van der Waals surface area contributed by atoms with Gasteiger partial charge in [0.1, 0.15) is 0 Å². The van der Waals surface area contributed by atoms with Crippen LogP contribution in [0.3, 0.4) is 0 Å². The maximum absolute atomic E-state index is 11.2. The fourth-order valence-electron chi connectivity index (χ4n) is 1.06. The number of primary amides is 1. The summed E-state index contributed by atoms with van der Waals surface area (Å²) in [5.41, 5.74) is 4.81. The van der Waals surface area contributed by atoms with Crippen LogP contribution in [-0.4, -0.2) is 37.9 Å². The molecule has 8 nitrogen and oxygen atoms in total. The number of urea groups is 1. The van der Waals surface area contributed by atoms with Crippen molar-refractivity contribution in [3.8, 4) is 0 Å². The van der Waals surface area contributed by atoms with Gasteiger partial charge in [-0.25, -0.2) is 9.48 Å². The van der Waals surface area contributed by atoms with Gasteiger partial charge in [-0.15, -0.1) is 5.10 Å². The molecule has 94 valence electrons. The van der Waals surface area contributed by atoms with Crippen LogP contribution in [0.5, 0.6) is 0 Å². The average molecular weight is 258 g/mol. The third kappa shape index (κ3) is 4.81. The van der Waals surface area contributed by atoms with Crippen LogP contribution in [0.2, 0.25) is 0 Å². The summed E-state index contributed by atoms with van der Waals surface area (Å²) in [6.07, 6.45) is 0. The minimum Gasteiger partial charge on any atom is -0.351 e. The van der Waals surface area contributed by atoms with Crippen LogP contribution in [0, 0.1) is 5.92 Å². The molecule has 3 N–H and O–H groups in total. The molecule has 17 heavy (non-hydrogen) atoms. The van der Waals surface area contributed by atoms with Crippen LogP contribution in [0.15, 0.2) is 5.16 Å². The van der Waals surface area contributed by atoms with E-state index in [0.29, 0.717) is 17.6 Å². The van der Waals surface area contributed by atoms with Crippen molar-refractivity contribution in [2.45, 2.75) is 25.5 Å². The second-order valence-corrected chi connectivity index (χ2v) is 4.68. The molecular weight excluding hydrogens is 244 g/mol. The lowest BCUT2D eigenvalue weighted by atomic mass is 10.2. The number of hydrogen-bond donors (Lipinski definition) is 2. The average Bonchev–Trinajstić information content (AvgIpc) is 2.60. The van der Waals surface area contributed by atoms with Crippen LogP contribution in [0.4, 0.5) is 4.79 Å². The first-order valence-electron chi connectivity index (χ1n) is 4.97. The number of nitrogens with two attached hydrogens (primary N) is 1. The summed E-state index contributed by atoms with van der Waals surface area (Å²) < 4.78 is 1.62. The summed E-state index contributed by atoms with van der Waals surface area (Å²) in [5, 5.41) is 13.6. The first kappa shape index (κ1) is 13.4. The van der Waals surface area contributed by atoms with Crippen molar-refractivity contribution in [1.82, 2.24) is 25.5 Å². The van der Waals surface area contributed by atoms with Crippen molar-refractivity contribution in [3.63, 3.8) is 0 Å². The standard InChI is InChI=1S/C8H14N6O2S/c1-5(2)3-14-8(11-12-13-14)17-4-6(15)10-7(9)16/h5H,3-4H2,1-2H3,(H3,9,10,15,16). The Kier molecular flexibility index (Phi) is 4.88. The maximum atomic E-state index is 11.2. The minimum absolute atomic E-state index is 0.0431. The van der Waals surface area contributed by atoms with Gasteiger partial charge < -0.3 is 5.73 Å². The molecule has 0 saturated carbocycles. The van der Waals surface area contributed by atoms with Gasteiger partial charge in [0.05, 0.1) is 5.75 Å². The molecular formula is C8H14N6O2S. The quantitative estimate of drug-likeness (QED) is 0.695. The molecule has 0 bridgehead atoms. The van der Waals surface area contributed by atoms with Gasteiger partial charge in [-0.05, 0) is 16.3 Å². The van der Waals surface area contributed by atoms with Crippen molar-refractivity contribution in [1.29, 1.82) is 0 Å². The third-order valence-electron chi connectivity index (χ3n) is 1.63. The molecule has 3 amide bonds. The second-order valence-electron chi connectivity index (χ2n) is 3.74. The van der Waals surface area contributed by atoms with E-state index in [1.807, 2.05) is 19.2 Å². The SMILES string of the molecule is CC(C)Cn1nnnc1SCC(=O)NC(N)=O. The molecule has 1 heterocycles. The van der Waals surface area contributed by atoms with E-state index in [2.05, 4.69) is 15.5 Å². The number of amides is 3. The van der Waals surface area contributed by atoms with Gasteiger partial charge in [-0.2, -0.15) is 0 Å². The fourth-order valence-corrected chi connectivity index (χ4v) is 1.75. The lowest BCUT2D eigenvalue weighted by Crippen LogP contribution is -2.36. The number of rotatable bonds is 5. The van der Waals surface area contributed by atoms with Gasteiger partial charge in [-0.3, -0.25) is 10.1 Å². The maximum Gasteiger partial charge on any atom is 0.318 e. The molecule has 0 aliphatic rings. The monoisotopic (exact) mass is 258 g/mol. The number of hydrogen-bond acceptors (Lipinski definition) is 6. The number of aromatic nitrogens is 4. The Morgan fingerprint density at radius 3 is 2.82 bits per heavy atom. The van der Waals surface area contributed by atoms with Crippen LogP contribution >= 0.6 is 11.8 Å². The summed E-state index contributed by atoms with van der Waals surface area (Å²) in [4.78, 5) is 21.6. The third-order valence-corrected chi connectivity index (χ3v) is 2.59. The number of thioether (sulfide) groups is 1. The number of carbonyl (C=O) groups is 2. The predicted octanol–water partition coefficient (Wildman–Crippen LogP) is -0.384. The van der Waals surface area contributed by atoms with Crippen molar-refractivity contribution in [3.05, 3.63) is 0 Å². The molecule has 1 aromatic rings. The minimum atomic E-state index is -0.864. The van der Waals surface area contributed by atoms with Gasteiger partial charge in [0.25, 0.3) is 0 Å². The summed E-state index contributed by atoms with van der Waals surface area (Å²) in [7, 11) is 0. The number of nitrogens with zero attached hydrogens (tertiary/aromatic N) is 4. The number of tetrazole rings is 1. The molecule has 1 rings (SSSR count). The number of nitrogens with one attached hydrogen (secondary N) is 1. The Hall–Kier alpha value is -1.64. The molecule has 1 aromatic heterocycles. The van der Waals surface area contributed by atoms with Crippen LogP contribution < -0.4 is 11.1 Å². The highest BCUT2D eigenvalue weighted by molar-refractivity contribution is 7.99. The number of carbonyl (C=O) groups excluding carboxylic acids is 2. The smallest absolute Gasteiger partial charge is 0.318 e. The Bertz CT molecular complexity index is 404. The van der Waals surface area contributed by atoms with Gasteiger partial charge in [0.2, 0.25) is 11.1 Å². The van der Waals surface area contributed by atoms with E-state index in [9.17, 15) is 9.59 Å². The molecule has 0 aliphatic heterocycles. The normalized spacial score (nSPS) is 10.5. The van der Waals surface area contributed by atoms with E-state index >= 15 is 0 Å². The molecule has 0 radical (unpaired) electrons. The zero-order chi connectivity index (χ0) is 12.8. The Balaban J connectivity index is 2.49. The first-order chi connectivity index (χ1) is 7.99. The van der Waals surface area contributed by atoms with E-state index in [1.165, 1.54) is 0 Å². The Morgan fingerprint density at radius 1 is 1.53 bits per heavy atom.